The van der Waals surface area contributed by atoms with Crippen LogP contribution < -0.4 is 11.1 Å². The van der Waals surface area contributed by atoms with Crippen LogP contribution >= 0.6 is 11.3 Å². The molecule has 0 saturated heterocycles. The third kappa shape index (κ3) is 2.65. The summed E-state index contributed by atoms with van der Waals surface area (Å²) in [5.74, 6) is -0.870. The van der Waals surface area contributed by atoms with Crippen molar-refractivity contribution in [2.45, 2.75) is 19.9 Å². The van der Waals surface area contributed by atoms with Gasteiger partial charge in [-0.3, -0.25) is 14.3 Å². The summed E-state index contributed by atoms with van der Waals surface area (Å²) in [7, 11) is 0. The van der Waals surface area contributed by atoms with Crippen molar-refractivity contribution in [3.05, 3.63) is 35.0 Å². The van der Waals surface area contributed by atoms with Gasteiger partial charge in [0.1, 0.15) is 10.7 Å². The third-order valence-electron chi connectivity index (χ3n) is 2.55. The molecule has 0 atom stereocenters. The monoisotopic (exact) mass is 278 g/mol. The van der Waals surface area contributed by atoms with E-state index in [2.05, 4.69) is 10.4 Å². The number of primary amides is 1. The molecule has 2 rings (SSSR count). The Labute approximate surface area is 114 Å². The molecule has 0 unspecified atom stereocenters. The number of carbonyl (C=O) groups excluding carboxylic acids is 2. The molecule has 3 N–H and O–H groups in total. The van der Waals surface area contributed by atoms with E-state index < -0.39 is 5.91 Å². The largest absolute Gasteiger partial charge is 0.366 e. The fourth-order valence-electron chi connectivity index (χ4n) is 1.67. The maximum atomic E-state index is 12.2. The van der Waals surface area contributed by atoms with Crippen LogP contribution in [-0.4, -0.2) is 21.6 Å². The Bertz CT molecular complexity index is 615. The highest BCUT2D eigenvalue weighted by atomic mass is 32.1. The molecule has 0 spiro atoms. The summed E-state index contributed by atoms with van der Waals surface area (Å²) in [6.07, 6.45) is 1.57. The smallest absolute Gasteiger partial charge is 0.274 e. The van der Waals surface area contributed by atoms with Crippen molar-refractivity contribution in [2.24, 2.45) is 5.73 Å². The number of carbonyl (C=O) groups is 2. The summed E-state index contributed by atoms with van der Waals surface area (Å²) in [5.41, 5.74) is 5.99. The van der Waals surface area contributed by atoms with Gasteiger partial charge in [0.2, 0.25) is 0 Å². The molecule has 0 aliphatic carbocycles. The maximum Gasteiger partial charge on any atom is 0.274 e. The summed E-state index contributed by atoms with van der Waals surface area (Å²) < 4.78 is 1.62. The van der Waals surface area contributed by atoms with Gasteiger partial charge >= 0.3 is 0 Å². The minimum Gasteiger partial charge on any atom is -0.366 e. The average molecular weight is 278 g/mol. The number of hydrogen-bond acceptors (Lipinski definition) is 4. The Morgan fingerprint density at radius 2 is 2.16 bits per heavy atom. The third-order valence-corrected chi connectivity index (χ3v) is 3.38. The Morgan fingerprint density at radius 1 is 1.42 bits per heavy atom. The molecular formula is C12H14N4O2S. The molecule has 2 aromatic heterocycles. The second-order valence-corrected chi connectivity index (χ2v) is 5.15. The van der Waals surface area contributed by atoms with Gasteiger partial charge in [-0.25, -0.2) is 0 Å². The molecule has 0 bridgehead atoms. The molecular weight excluding hydrogens is 264 g/mol. The van der Waals surface area contributed by atoms with Crippen molar-refractivity contribution >= 4 is 28.2 Å². The molecule has 100 valence electrons. The number of thiophene rings is 1. The van der Waals surface area contributed by atoms with Gasteiger partial charge in [0.25, 0.3) is 11.8 Å². The zero-order valence-corrected chi connectivity index (χ0v) is 11.4. The van der Waals surface area contributed by atoms with Gasteiger partial charge in [-0.2, -0.15) is 5.10 Å². The molecule has 0 radical (unpaired) electrons. The van der Waals surface area contributed by atoms with Crippen LogP contribution in [0.25, 0.3) is 0 Å². The van der Waals surface area contributed by atoms with E-state index in [9.17, 15) is 9.59 Å². The normalized spacial score (nSPS) is 10.7. The van der Waals surface area contributed by atoms with Crippen LogP contribution in [0.4, 0.5) is 5.00 Å². The maximum absolute atomic E-state index is 12.2. The predicted molar refractivity (Wildman–Crippen MR) is 73.4 cm³/mol. The van der Waals surface area contributed by atoms with E-state index in [1.54, 1.807) is 28.4 Å². The molecule has 2 heterocycles. The first-order chi connectivity index (χ1) is 9.00. The van der Waals surface area contributed by atoms with Gasteiger partial charge in [0.15, 0.2) is 0 Å². The van der Waals surface area contributed by atoms with Crippen LogP contribution in [-0.2, 0) is 0 Å². The molecule has 2 aromatic rings. The van der Waals surface area contributed by atoms with E-state index in [1.807, 2.05) is 13.8 Å². The summed E-state index contributed by atoms with van der Waals surface area (Å²) in [6.45, 7) is 3.87. The minimum atomic E-state index is -0.561. The van der Waals surface area contributed by atoms with Crippen molar-refractivity contribution in [3.8, 4) is 0 Å². The highest BCUT2D eigenvalue weighted by molar-refractivity contribution is 7.14. The minimum absolute atomic E-state index is 0.0784. The lowest BCUT2D eigenvalue weighted by molar-refractivity contribution is 0.100. The lowest BCUT2D eigenvalue weighted by atomic mass is 10.3. The second-order valence-electron chi connectivity index (χ2n) is 4.24. The van der Waals surface area contributed by atoms with Gasteiger partial charge in [-0.15, -0.1) is 11.3 Å². The number of rotatable bonds is 4. The first-order valence-electron chi connectivity index (χ1n) is 5.73. The average Bonchev–Trinajstić information content (AvgIpc) is 2.96. The topological polar surface area (TPSA) is 90.0 Å². The van der Waals surface area contributed by atoms with Gasteiger partial charge < -0.3 is 11.1 Å². The molecule has 0 fully saturated rings. The van der Waals surface area contributed by atoms with Gasteiger partial charge in [0, 0.05) is 12.2 Å². The highest BCUT2D eigenvalue weighted by Crippen LogP contribution is 2.23. The standard InChI is InChI=1S/C12H14N4O2S/c1-7(2)16-9(3-5-14-16)11(18)15-12-8(10(13)17)4-6-19-12/h3-7H,1-2H3,(H2,13,17)(H,15,18). The van der Waals surface area contributed by atoms with E-state index >= 15 is 0 Å². The van der Waals surface area contributed by atoms with E-state index in [1.165, 1.54) is 11.3 Å². The molecule has 2 amide bonds. The second kappa shape index (κ2) is 5.23. The SMILES string of the molecule is CC(C)n1nccc1C(=O)Nc1sccc1C(N)=O. The fraction of sp³-hybridized carbons (Fsp3) is 0.250. The van der Waals surface area contributed by atoms with E-state index in [0.29, 0.717) is 16.3 Å². The Kier molecular flexibility index (Phi) is 3.66. The van der Waals surface area contributed by atoms with Crippen LogP contribution in [0.3, 0.4) is 0 Å². The van der Waals surface area contributed by atoms with Crippen LogP contribution in [0, 0.1) is 0 Å². The summed E-state index contributed by atoms with van der Waals surface area (Å²) in [4.78, 5) is 23.3. The summed E-state index contributed by atoms with van der Waals surface area (Å²) in [6, 6.07) is 3.30. The molecule has 0 saturated carbocycles. The van der Waals surface area contributed by atoms with Crippen LogP contribution in [0.1, 0.15) is 40.7 Å². The van der Waals surface area contributed by atoms with Gasteiger partial charge in [-0.1, -0.05) is 0 Å². The molecule has 0 aromatic carbocycles. The van der Waals surface area contributed by atoms with E-state index in [4.69, 9.17) is 5.73 Å². The van der Waals surface area contributed by atoms with Crippen LogP contribution in [0.5, 0.6) is 0 Å². The number of hydrogen-bond donors (Lipinski definition) is 2. The molecule has 7 heteroatoms. The number of nitrogens with one attached hydrogen (secondary N) is 1. The van der Waals surface area contributed by atoms with Gasteiger partial charge in [0.05, 0.1) is 5.56 Å². The molecule has 19 heavy (non-hydrogen) atoms. The first-order valence-corrected chi connectivity index (χ1v) is 6.61. The highest BCUT2D eigenvalue weighted by Gasteiger charge is 2.17. The number of amides is 2. The number of nitrogens with zero attached hydrogens (tertiary/aromatic N) is 2. The lowest BCUT2D eigenvalue weighted by Gasteiger charge is -2.10. The Hall–Kier alpha value is -2.15. The van der Waals surface area contributed by atoms with Crippen molar-refractivity contribution in [1.29, 1.82) is 0 Å². The molecule has 0 aliphatic heterocycles. The zero-order chi connectivity index (χ0) is 14.0. The zero-order valence-electron chi connectivity index (χ0n) is 10.6. The van der Waals surface area contributed by atoms with Crippen molar-refractivity contribution < 1.29 is 9.59 Å². The van der Waals surface area contributed by atoms with Crippen LogP contribution in [0.2, 0.25) is 0 Å². The molecule has 0 aliphatic rings. The lowest BCUT2D eigenvalue weighted by Crippen LogP contribution is -2.20. The number of anilines is 1. The Balaban J connectivity index is 2.24. The summed E-state index contributed by atoms with van der Waals surface area (Å²) in [5, 5.41) is 8.94. The fourth-order valence-corrected chi connectivity index (χ4v) is 2.46. The summed E-state index contributed by atoms with van der Waals surface area (Å²) >= 11 is 1.26. The Morgan fingerprint density at radius 3 is 2.79 bits per heavy atom. The van der Waals surface area contributed by atoms with E-state index in [0.717, 1.165) is 0 Å². The van der Waals surface area contributed by atoms with Crippen molar-refractivity contribution in [2.75, 3.05) is 5.32 Å². The number of aromatic nitrogens is 2. The predicted octanol–water partition coefficient (Wildman–Crippen LogP) is 1.88. The van der Waals surface area contributed by atoms with Crippen molar-refractivity contribution in [1.82, 2.24) is 9.78 Å². The quantitative estimate of drug-likeness (QED) is 0.894. The van der Waals surface area contributed by atoms with Crippen LogP contribution in [0.15, 0.2) is 23.7 Å². The van der Waals surface area contributed by atoms with E-state index in [-0.39, 0.29) is 11.9 Å². The van der Waals surface area contributed by atoms with Gasteiger partial charge in [-0.05, 0) is 31.4 Å². The first kappa shape index (κ1) is 13.3. The molecule has 6 nitrogen and oxygen atoms in total. The number of nitrogens with two attached hydrogens (primary N) is 1. The van der Waals surface area contributed by atoms with Crippen molar-refractivity contribution in [3.63, 3.8) is 0 Å².